The molecule has 9 nitrogen and oxygen atoms in total. The second-order valence-electron chi connectivity index (χ2n) is 8.44. The highest BCUT2D eigenvalue weighted by Gasteiger charge is 2.31. The highest BCUT2D eigenvalue weighted by molar-refractivity contribution is 6.71. The summed E-state index contributed by atoms with van der Waals surface area (Å²) in [7, 11) is 1.55. The van der Waals surface area contributed by atoms with Gasteiger partial charge in [-0.3, -0.25) is 9.59 Å². The SMILES string of the molecule is COc1cccc(NC(=O)c2cc(-c3ccc(/N=C4\C(=O)N(c5cccc(C#N)c5)N=C4C)o3)ccc2Cl)c1. The van der Waals surface area contributed by atoms with Crippen LogP contribution in [-0.4, -0.2) is 30.3 Å². The number of nitriles is 1. The van der Waals surface area contributed by atoms with Gasteiger partial charge in [0.05, 0.1) is 40.7 Å². The first-order valence-electron chi connectivity index (χ1n) is 11.7. The van der Waals surface area contributed by atoms with Gasteiger partial charge in [0, 0.05) is 23.4 Å². The van der Waals surface area contributed by atoms with Gasteiger partial charge in [0.2, 0.25) is 5.88 Å². The Morgan fingerprint density at radius 1 is 1.10 bits per heavy atom. The first kappa shape index (κ1) is 25.4. The summed E-state index contributed by atoms with van der Waals surface area (Å²) in [5.41, 5.74) is 2.81. The van der Waals surface area contributed by atoms with Gasteiger partial charge in [-0.05, 0) is 61.5 Å². The summed E-state index contributed by atoms with van der Waals surface area (Å²) in [6.07, 6.45) is 0. The number of ether oxygens (including phenoxy) is 1. The fourth-order valence-electron chi connectivity index (χ4n) is 3.91. The minimum Gasteiger partial charge on any atom is -0.497 e. The Morgan fingerprint density at radius 3 is 2.72 bits per heavy atom. The summed E-state index contributed by atoms with van der Waals surface area (Å²) in [5, 5.41) is 17.7. The van der Waals surface area contributed by atoms with Gasteiger partial charge >= 0.3 is 0 Å². The van der Waals surface area contributed by atoms with Crippen molar-refractivity contribution in [3.05, 3.63) is 95.0 Å². The van der Waals surface area contributed by atoms with Gasteiger partial charge in [0.25, 0.3) is 11.8 Å². The molecule has 4 aromatic rings. The third kappa shape index (κ3) is 5.28. The van der Waals surface area contributed by atoms with Crippen LogP contribution < -0.4 is 15.1 Å². The van der Waals surface area contributed by atoms with Gasteiger partial charge in [-0.15, -0.1) is 0 Å². The lowest BCUT2D eigenvalue weighted by Crippen LogP contribution is -2.27. The van der Waals surface area contributed by atoms with Crippen molar-refractivity contribution in [1.29, 1.82) is 5.26 Å². The molecular weight excluding hydrogens is 518 g/mol. The van der Waals surface area contributed by atoms with E-state index in [-0.39, 0.29) is 22.2 Å². The summed E-state index contributed by atoms with van der Waals surface area (Å²) >= 11 is 6.33. The minimum atomic E-state index is -0.441. The number of methoxy groups -OCH3 is 1. The second kappa shape index (κ2) is 10.7. The lowest BCUT2D eigenvalue weighted by Gasteiger charge is -2.11. The van der Waals surface area contributed by atoms with Gasteiger partial charge in [0.1, 0.15) is 11.5 Å². The normalized spacial score (nSPS) is 13.8. The molecule has 0 saturated carbocycles. The number of halogens is 1. The van der Waals surface area contributed by atoms with E-state index in [9.17, 15) is 9.59 Å². The van der Waals surface area contributed by atoms with Crippen LogP contribution in [0.2, 0.25) is 5.02 Å². The highest BCUT2D eigenvalue weighted by Crippen LogP contribution is 2.31. The van der Waals surface area contributed by atoms with Gasteiger partial charge in [-0.25, -0.2) is 4.99 Å². The molecule has 1 N–H and O–H groups in total. The molecule has 0 radical (unpaired) electrons. The van der Waals surface area contributed by atoms with E-state index in [2.05, 4.69) is 15.4 Å². The van der Waals surface area contributed by atoms with Crippen LogP contribution in [0.1, 0.15) is 22.8 Å². The summed E-state index contributed by atoms with van der Waals surface area (Å²) in [6, 6.07) is 23.9. The van der Waals surface area contributed by atoms with E-state index in [0.717, 1.165) is 0 Å². The summed E-state index contributed by atoms with van der Waals surface area (Å²) in [6.45, 7) is 1.67. The zero-order chi connectivity index (χ0) is 27.5. The second-order valence-corrected chi connectivity index (χ2v) is 8.85. The molecule has 5 rings (SSSR count). The summed E-state index contributed by atoms with van der Waals surface area (Å²) in [5.74, 6) is 0.389. The molecule has 0 saturated heterocycles. The number of nitrogens with zero attached hydrogens (tertiary/aromatic N) is 4. The van der Waals surface area contributed by atoms with Gasteiger partial charge < -0.3 is 14.5 Å². The fraction of sp³-hybridized carbons (Fsp3) is 0.0690. The molecule has 10 heteroatoms. The number of benzene rings is 3. The number of nitrogens with one attached hydrogen (secondary N) is 1. The third-order valence-corrected chi connectivity index (χ3v) is 6.17. The van der Waals surface area contributed by atoms with Crippen molar-refractivity contribution in [3.63, 3.8) is 0 Å². The van der Waals surface area contributed by atoms with E-state index in [1.807, 2.05) is 6.07 Å². The number of hydrazone groups is 1. The van der Waals surface area contributed by atoms with Crippen molar-refractivity contribution in [1.82, 2.24) is 0 Å². The minimum absolute atomic E-state index is 0.118. The number of carbonyl (C=O) groups is 2. The number of rotatable bonds is 6. The third-order valence-electron chi connectivity index (χ3n) is 5.84. The Hall–Kier alpha value is -5.20. The topological polar surface area (TPSA) is 120 Å². The lowest BCUT2D eigenvalue weighted by molar-refractivity contribution is -0.112. The molecule has 0 fully saturated rings. The van der Waals surface area contributed by atoms with Gasteiger partial charge in [-0.2, -0.15) is 15.4 Å². The number of hydrogen-bond acceptors (Lipinski definition) is 7. The predicted molar refractivity (Wildman–Crippen MR) is 149 cm³/mol. The van der Waals surface area contributed by atoms with Crippen LogP contribution in [0.5, 0.6) is 5.75 Å². The smallest absolute Gasteiger partial charge is 0.299 e. The van der Waals surface area contributed by atoms with E-state index in [0.29, 0.717) is 39.7 Å². The van der Waals surface area contributed by atoms with E-state index in [1.165, 1.54) is 5.01 Å². The molecule has 39 heavy (non-hydrogen) atoms. The molecule has 1 aromatic heterocycles. The maximum absolute atomic E-state index is 13.0. The van der Waals surface area contributed by atoms with Crippen molar-refractivity contribution in [2.45, 2.75) is 6.92 Å². The fourth-order valence-corrected chi connectivity index (χ4v) is 4.12. The van der Waals surface area contributed by atoms with Crippen molar-refractivity contribution < 1.29 is 18.7 Å². The Bertz CT molecular complexity index is 1720. The molecule has 192 valence electrons. The van der Waals surface area contributed by atoms with Crippen LogP contribution in [0.15, 0.2) is 93.4 Å². The Kier molecular flexibility index (Phi) is 6.95. The molecule has 1 aliphatic heterocycles. The molecule has 0 unspecified atom stereocenters. The van der Waals surface area contributed by atoms with E-state index in [4.69, 9.17) is 26.0 Å². The van der Waals surface area contributed by atoms with Gasteiger partial charge in [-0.1, -0.05) is 23.7 Å². The zero-order valence-corrected chi connectivity index (χ0v) is 21.6. The number of hydrogen-bond donors (Lipinski definition) is 1. The number of carbonyl (C=O) groups excluding carboxylic acids is 2. The summed E-state index contributed by atoms with van der Waals surface area (Å²) in [4.78, 5) is 30.4. The first-order valence-corrected chi connectivity index (χ1v) is 12.1. The lowest BCUT2D eigenvalue weighted by atomic mass is 10.1. The van der Waals surface area contributed by atoms with Crippen LogP contribution in [-0.2, 0) is 4.79 Å². The number of aliphatic imine (C=N–C) groups is 1. The predicted octanol–water partition coefficient (Wildman–Crippen LogP) is 6.23. The molecule has 0 aliphatic carbocycles. The van der Waals surface area contributed by atoms with Crippen LogP contribution in [0.25, 0.3) is 11.3 Å². The largest absolute Gasteiger partial charge is 0.497 e. The van der Waals surface area contributed by atoms with Crippen LogP contribution in [0.3, 0.4) is 0 Å². The van der Waals surface area contributed by atoms with Crippen LogP contribution in [0.4, 0.5) is 17.3 Å². The maximum atomic E-state index is 13.0. The Morgan fingerprint density at radius 2 is 1.92 bits per heavy atom. The quantitative estimate of drug-likeness (QED) is 0.312. The first-order chi connectivity index (χ1) is 18.9. The zero-order valence-electron chi connectivity index (χ0n) is 20.8. The number of furan rings is 1. The molecule has 2 amide bonds. The van der Waals surface area contributed by atoms with Crippen molar-refractivity contribution in [2.24, 2.45) is 10.1 Å². The van der Waals surface area contributed by atoms with Crippen molar-refractivity contribution in [2.75, 3.05) is 17.4 Å². The maximum Gasteiger partial charge on any atom is 0.299 e. The number of anilines is 2. The van der Waals surface area contributed by atoms with Gasteiger partial charge in [0.15, 0.2) is 5.71 Å². The van der Waals surface area contributed by atoms with Crippen LogP contribution >= 0.6 is 11.6 Å². The molecule has 0 atom stereocenters. The molecule has 1 aliphatic rings. The molecule has 3 aromatic carbocycles. The Balaban J connectivity index is 1.37. The monoisotopic (exact) mass is 537 g/mol. The average Bonchev–Trinajstić information content (AvgIpc) is 3.53. The highest BCUT2D eigenvalue weighted by atomic mass is 35.5. The number of amides is 2. The van der Waals surface area contributed by atoms with E-state index in [1.54, 1.807) is 92.9 Å². The van der Waals surface area contributed by atoms with E-state index >= 15 is 0 Å². The van der Waals surface area contributed by atoms with Crippen molar-refractivity contribution >= 4 is 52.1 Å². The average molecular weight is 538 g/mol. The summed E-state index contributed by atoms with van der Waals surface area (Å²) < 4.78 is 11.1. The molecule has 0 bridgehead atoms. The molecule has 0 spiro atoms. The van der Waals surface area contributed by atoms with Crippen molar-refractivity contribution in [3.8, 4) is 23.1 Å². The molecule has 2 heterocycles. The Labute approximate surface area is 228 Å². The standard InChI is InChI=1S/C29H20ClN5O4/c1-17-27(29(37)35(34-17)21-7-3-5-18(13-21)16-31)33-26-12-11-25(39-26)19-9-10-24(30)23(14-19)28(36)32-20-6-4-8-22(15-20)38-2/h3-15H,1-2H3,(H,32,36)/b33-27-. The van der Waals surface area contributed by atoms with Crippen LogP contribution in [0, 0.1) is 11.3 Å². The molecular formula is C29H20ClN5O4. The van der Waals surface area contributed by atoms with E-state index < -0.39 is 11.8 Å².